The lowest BCUT2D eigenvalue weighted by molar-refractivity contribution is 1.23. The Morgan fingerprint density at radius 2 is 0.756 bits per heavy atom. The Morgan fingerprint density at radius 3 is 1.32 bits per heavy atom. The second-order valence-electron chi connectivity index (χ2n) is 10.0. The monoisotopic (exact) mass is 588 g/mol. The molecule has 0 spiro atoms. The summed E-state index contributed by atoms with van der Waals surface area (Å²) in [6.07, 6.45) is 0. The van der Waals surface area contributed by atoms with Crippen LogP contribution in [-0.4, -0.2) is 9.97 Å². The van der Waals surface area contributed by atoms with E-state index in [1.54, 1.807) is 0 Å². The quantitative estimate of drug-likeness (QED) is 0.200. The van der Waals surface area contributed by atoms with Gasteiger partial charge in [-0.15, -0.1) is 0 Å². The number of hydrogen-bond acceptors (Lipinski definition) is 2. The van der Waals surface area contributed by atoms with E-state index in [0.29, 0.717) is 0 Å². The van der Waals surface area contributed by atoms with Crippen molar-refractivity contribution < 1.29 is 0 Å². The highest BCUT2D eigenvalue weighted by Crippen LogP contribution is 2.32. The second kappa shape index (κ2) is 11.0. The molecule has 6 aromatic carbocycles. The highest BCUT2D eigenvalue weighted by atomic mass is 79.9. The maximum atomic E-state index is 5.08. The standard InChI is InChI=1S/C38H25BrN2/c39-34-24-22-31(23-25-34)29-12-10-28(11-13-29)30-16-20-33(21-17-30)38-40-36-9-5-4-8-35(36)37(41-38)32-18-14-27(15-19-32)26-6-2-1-3-7-26/h1-25H. The number of aromatic nitrogens is 2. The highest BCUT2D eigenvalue weighted by Gasteiger charge is 2.12. The number of fused-ring (bicyclic) bond motifs is 1. The van der Waals surface area contributed by atoms with Gasteiger partial charge in [-0.2, -0.15) is 0 Å². The molecule has 0 bridgehead atoms. The van der Waals surface area contributed by atoms with Crippen molar-refractivity contribution in [3.05, 3.63) is 156 Å². The Morgan fingerprint density at radius 1 is 0.341 bits per heavy atom. The number of hydrogen-bond donors (Lipinski definition) is 0. The van der Waals surface area contributed by atoms with Gasteiger partial charge >= 0.3 is 0 Å². The minimum Gasteiger partial charge on any atom is -0.228 e. The molecular formula is C38H25BrN2. The van der Waals surface area contributed by atoms with Gasteiger partial charge in [0.15, 0.2) is 5.82 Å². The van der Waals surface area contributed by atoms with Crippen molar-refractivity contribution >= 4 is 26.8 Å². The molecule has 0 aliphatic heterocycles. The van der Waals surface area contributed by atoms with E-state index in [2.05, 4.69) is 149 Å². The van der Waals surface area contributed by atoms with E-state index in [0.717, 1.165) is 43.6 Å². The Hall–Kier alpha value is -4.86. The fourth-order valence-corrected chi connectivity index (χ4v) is 5.45. The van der Waals surface area contributed by atoms with Crippen LogP contribution in [0.25, 0.3) is 66.9 Å². The van der Waals surface area contributed by atoms with Crippen LogP contribution < -0.4 is 0 Å². The van der Waals surface area contributed by atoms with Gasteiger partial charge in [-0.3, -0.25) is 0 Å². The molecule has 0 radical (unpaired) electrons. The second-order valence-corrected chi connectivity index (χ2v) is 10.9. The summed E-state index contributed by atoms with van der Waals surface area (Å²) in [5.74, 6) is 0.725. The van der Waals surface area contributed by atoms with Crippen LogP contribution in [-0.2, 0) is 0 Å². The summed E-state index contributed by atoms with van der Waals surface area (Å²) in [6.45, 7) is 0. The van der Waals surface area contributed by atoms with E-state index in [-0.39, 0.29) is 0 Å². The summed E-state index contributed by atoms with van der Waals surface area (Å²) in [4.78, 5) is 10.0. The average Bonchev–Trinajstić information content (AvgIpc) is 3.05. The van der Waals surface area contributed by atoms with Crippen molar-refractivity contribution in [2.75, 3.05) is 0 Å². The first kappa shape index (κ1) is 25.1. The van der Waals surface area contributed by atoms with Crippen LogP contribution in [0.15, 0.2) is 156 Å². The molecule has 0 aliphatic carbocycles. The zero-order chi connectivity index (χ0) is 27.6. The van der Waals surface area contributed by atoms with Gasteiger partial charge in [0.25, 0.3) is 0 Å². The molecule has 194 valence electrons. The average molecular weight is 590 g/mol. The zero-order valence-corrected chi connectivity index (χ0v) is 23.8. The van der Waals surface area contributed by atoms with Crippen LogP contribution in [0.3, 0.4) is 0 Å². The maximum absolute atomic E-state index is 5.08. The van der Waals surface area contributed by atoms with Crippen molar-refractivity contribution in [2.45, 2.75) is 0 Å². The first-order valence-corrected chi connectivity index (χ1v) is 14.4. The summed E-state index contributed by atoms with van der Waals surface area (Å²) < 4.78 is 1.08. The molecule has 0 saturated carbocycles. The van der Waals surface area contributed by atoms with Crippen molar-refractivity contribution in [1.29, 1.82) is 0 Å². The third kappa shape index (κ3) is 5.20. The zero-order valence-electron chi connectivity index (χ0n) is 22.2. The van der Waals surface area contributed by atoms with Gasteiger partial charge in [0.05, 0.1) is 11.2 Å². The molecule has 0 fully saturated rings. The van der Waals surface area contributed by atoms with E-state index in [9.17, 15) is 0 Å². The molecule has 0 N–H and O–H groups in total. The van der Waals surface area contributed by atoms with Gasteiger partial charge in [0.1, 0.15) is 0 Å². The molecule has 0 atom stereocenters. The van der Waals surface area contributed by atoms with Crippen LogP contribution in [0.5, 0.6) is 0 Å². The molecule has 0 saturated heterocycles. The van der Waals surface area contributed by atoms with Gasteiger partial charge in [-0.1, -0.05) is 149 Å². The van der Waals surface area contributed by atoms with Gasteiger partial charge in [-0.05, 0) is 51.6 Å². The lowest BCUT2D eigenvalue weighted by Gasteiger charge is -2.11. The fraction of sp³-hybridized carbons (Fsp3) is 0. The van der Waals surface area contributed by atoms with E-state index in [1.165, 1.54) is 27.8 Å². The molecular weight excluding hydrogens is 564 g/mol. The SMILES string of the molecule is Brc1ccc(-c2ccc(-c3ccc(-c4nc(-c5ccc(-c6ccccc6)cc5)c5ccccc5n4)cc3)cc2)cc1. The maximum Gasteiger partial charge on any atom is 0.160 e. The van der Waals surface area contributed by atoms with Crippen LogP contribution in [0.1, 0.15) is 0 Å². The van der Waals surface area contributed by atoms with Gasteiger partial charge in [0, 0.05) is 21.0 Å². The number of nitrogens with zero attached hydrogens (tertiary/aromatic N) is 2. The predicted octanol–water partition coefficient (Wildman–Crippen LogP) is 10.7. The Kier molecular flexibility index (Phi) is 6.72. The summed E-state index contributed by atoms with van der Waals surface area (Å²) >= 11 is 3.51. The summed E-state index contributed by atoms with van der Waals surface area (Å²) in [5, 5.41) is 1.05. The van der Waals surface area contributed by atoms with Crippen LogP contribution >= 0.6 is 15.9 Å². The molecule has 0 aliphatic rings. The number of para-hydroxylation sites is 1. The summed E-state index contributed by atoms with van der Waals surface area (Å²) in [6, 6.07) is 52.9. The number of halogens is 1. The van der Waals surface area contributed by atoms with Crippen molar-refractivity contribution in [3.63, 3.8) is 0 Å². The molecule has 7 aromatic rings. The van der Waals surface area contributed by atoms with Gasteiger partial charge in [-0.25, -0.2) is 9.97 Å². The summed E-state index contributed by atoms with van der Waals surface area (Å²) in [7, 11) is 0. The number of rotatable bonds is 5. The van der Waals surface area contributed by atoms with Crippen LogP contribution in [0.4, 0.5) is 0 Å². The molecule has 7 rings (SSSR count). The van der Waals surface area contributed by atoms with Crippen LogP contribution in [0.2, 0.25) is 0 Å². The smallest absolute Gasteiger partial charge is 0.160 e. The first-order valence-electron chi connectivity index (χ1n) is 13.6. The molecule has 2 nitrogen and oxygen atoms in total. The van der Waals surface area contributed by atoms with E-state index in [4.69, 9.17) is 9.97 Å². The molecule has 1 heterocycles. The molecule has 0 unspecified atom stereocenters. The Bertz CT molecular complexity index is 1940. The van der Waals surface area contributed by atoms with E-state index >= 15 is 0 Å². The first-order chi connectivity index (χ1) is 20.2. The Balaban J connectivity index is 1.20. The van der Waals surface area contributed by atoms with Crippen LogP contribution in [0, 0.1) is 0 Å². The van der Waals surface area contributed by atoms with Crippen molar-refractivity contribution in [3.8, 4) is 56.0 Å². The van der Waals surface area contributed by atoms with E-state index < -0.39 is 0 Å². The normalized spacial score (nSPS) is 11.0. The lowest BCUT2D eigenvalue weighted by atomic mass is 9.99. The Labute approximate surface area is 248 Å². The molecule has 3 heteroatoms. The molecule has 1 aromatic heterocycles. The third-order valence-electron chi connectivity index (χ3n) is 7.41. The van der Waals surface area contributed by atoms with E-state index in [1.807, 2.05) is 18.2 Å². The third-order valence-corrected chi connectivity index (χ3v) is 7.94. The van der Waals surface area contributed by atoms with Gasteiger partial charge in [0.2, 0.25) is 0 Å². The fourth-order valence-electron chi connectivity index (χ4n) is 5.19. The largest absolute Gasteiger partial charge is 0.228 e. The molecule has 41 heavy (non-hydrogen) atoms. The molecule has 0 amide bonds. The minimum absolute atomic E-state index is 0.725. The van der Waals surface area contributed by atoms with Crippen molar-refractivity contribution in [2.24, 2.45) is 0 Å². The van der Waals surface area contributed by atoms with Gasteiger partial charge < -0.3 is 0 Å². The topological polar surface area (TPSA) is 25.8 Å². The lowest BCUT2D eigenvalue weighted by Crippen LogP contribution is -1.95. The minimum atomic E-state index is 0.725. The summed E-state index contributed by atoms with van der Waals surface area (Å²) in [5.41, 5.74) is 11.1. The predicted molar refractivity (Wildman–Crippen MR) is 174 cm³/mol. The highest BCUT2D eigenvalue weighted by molar-refractivity contribution is 9.10. The van der Waals surface area contributed by atoms with Crippen molar-refractivity contribution in [1.82, 2.24) is 9.97 Å². The number of benzene rings is 6.